The Bertz CT molecular complexity index is 1130. The van der Waals surface area contributed by atoms with E-state index in [0.717, 1.165) is 19.3 Å². The molecule has 9 heteroatoms. The van der Waals surface area contributed by atoms with Gasteiger partial charge in [-0.2, -0.15) is 0 Å². The molecule has 1 aromatic heterocycles. The standard InChI is InChI=1S/C29H42N2O7/c1-7-27(4)14-22(38-26(35)20-15-30-16-31(25(20)34)17-37-13-12-36-6)28(5)18(2)8-10-29(19(3)24(27)33)11-9-21(32)23(28)29/h7,15-16,18-19,22-24,33H,1,8-14,17H2,2-6H3/t18-,19+,22-,23?,24+,27-,28+,29?/m1/s1. The number of carbonyl (C=O) groups excluding carboxylic acids is 2. The fourth-order valence-electron chi connectivity index (χ4n) is 7.68. The molecule has 210 valence electrons. The van der Waals surface area contributed by atoms with Gasteiger partial charge in [0, 0.05) is 36.5 Å². The van der Waals surface area contributed by atoms with E-state index >= 15 is 0 Å². The van der Waals surface area contributed by atoms with E-state index in [-0.39, 0.29) is 47.9 Å². The highest BCUT2D eigenvalue weighted by Gasteiger charge is 2.68. The summed E-state index contributed by atoms with van der Waals surface area (Å²) in [5, 5.41) is 11.7. The van der Waals surface area contributed by atoms with E-state index in [1.807, 2.05) is 6.92 Å². The van der Waals surface area contributed by atoms with E-state index in [4.69, 9.17) is 14.2 Å². The summed E-state index contributed by atoms with van der Waals surface area (Å²) >= 11 is 0. The molecule has 2 bridgehead atoms. The fourth-order valence-corrected chi connectivity index (χ4v) is 7.68. The maximum absolute atomic E-state index is 13.6. The van der Waals surface area contributed by atoms with E-state index in [1.165, 1.54) is 17.1 Å². The molecule has 3 saturated carbocycles. The van der Waals surface area contributed by atoms with Crippen LogP contribution in [0.5, 0.6) is 0 Å². The van der Waals surface area contributed by atoms with Crippen LogP contribution in [0.15, 0.2) is 30.0 Å². The lowest BCUT2D eigenvalue weighted by molar-refractivity contribution is -0.192. The molecule has 3 aliphatic rings. The number of esters is 1. The minimum Gasteiger partial charge on any atom is -0.458 e. The third-order valence-corrected chi connectivity index (χ3v) is 10.3. The first-order valence-corrected chi connectivity index (χ1v) is 13.6. The summed E-state index contributed by atoms with van der Waals surface area (Å²) in [6.45, 7) is 12.8. The lowest BCUT2D eigenvalue weighted by Gasteiger charge is -2.61. The van der Waals surface area contributed by atoms with Gasteiger partial charge >= 0.3 is 5.97 Å². The van der Waals surface area contributed by atoms with Gasteiger partial charge < -0.3 is 19.3 Å². The van der Waals surface area contributed by atoms with Crippen LogP contribution in [0.1, 0.15) is 70.2 Å². The van der Waals surface area contributed by atoms with Crippen molar-refractivity contribution < 1.29 is 28.9 Å². The van der Waals surface area contributed by atoms with Crippen LogP contribution in [0, 0.1) is 34.0 Å². The zero-order valence-corrected chi connectivity index (χ0v) is 23.3. The summed E-state index contributed by atoms with van der Waals surface area (Å²) in [4.78, 5) is 44.3. The van der Waals surface area contributed by atoms with Gasteiger partial charge in [0.05, 0.1) is 25.6 Å². The van der Waals surface area contributed by atoms with Gasteiger partial charge in [0.2, 0.25) is 0 Å². The molecule has 0 radical (unpaired) electrons. The van der Waals surface area contributed by atoms with Crippen molar-refractivity contribution >= 4 is 11.8 Å². The summed E-state index contributed by atoms with van der Waals surface area (Å²) in [7, 11) is 1.55. The van der Waals surface area contributed by atoms with Gasteiger partial charge in [0.15, 0.2) is 0 Å². The van der Waals surface area contributed by atoms with Gasteiger partial charge in [-0.05, 0) is 42.9 Å². The maximum Gasteiger partial charge on any atom is 0.345 e. The van der Waals surface area contributed by atoms with Crippen molar-refractivity contribution in [1.29, 1.82) is 0 Å². The number of Topliss-reactive ketones (excluding diaryl/α,β-unsaturated/α-hetero) is 1. The zero-order valence-electron chi connectivity index (χ0n) is 23.3. The molecule has 3 aliphatic carbocycles. The number of methoxy groups -OCH3 is 1. The van der Waals surface area contributed by atoms with Crippen LogP contribution in [0.4, 0.5) is 0 Å². The maximum atomic E-state index is 13.6. The average molecular weight is 531 g/mol. The Hall–Kier alpha value is -2.36. The second kappa shape index (κ2) is 10.7. The van der Waals surface area contributed by atoms with E-state index in [9.17, 15) is 19.5 Å². The Labute approximate surface area is 224 Å². The first-order chi connectivity index (χ1) is 18.0. The zero-order chi connectivity index (χ0) is 27.9. The van der Waals surface area contributed by atoms with Crippen molar-refractivity contribution in [3.8, 4) is 0 Å². The third kappa shape index (κ3) is 4.46. The van der Waals surface area contributed by atoms with Gasteiger partial charge in [-0.15, -0.1) is 6.58 Å². The molecule has 0 aromatic carbocycles. The van der Waals surface area contributed by atoms with Crippen LogP contribution in [0.2, 0.25) is 0 Å². The number of aliphatic hydroxyl groups excluding tert-OH is 1. The lowest BCUT2D eigenvalue weighted by Crippen LogP contribution is -2.63. The fraction of sp³-hybridized carbons (Fsp3) is 0.724. The van der Waals surface area contributed by atoms with Crippen molar-refractivity contribution in [2.45, 2.75) is 78.7 Å². The number of ether oxygens (including phenoxy) is 3. The lowest BCUT2D eigenvalue weighted by atomic mass is 9.44. The SMILES string of the molecule is C=C[C@]1(C)C[C@@H](OC(=O)c2cncn(COCCOC)c2=O)[C@@]2(C)C3C(=O)CCC3(CC[C@H]2C)[C@@H](C)[C@@H]1O. The van der Waals surface area contributed by atoms with Gasteiger partial charge in [-0.25, -0.2) is 9.78 Å². The van der Waals surface area contributed by atoms with Gasteiger partial charge in [-0.1, -0.05) is 33.8 Å². The molecule has 1 heterocycles. The smallest absolute Gasteiger partial charge is 0.345 e. The van der Waals surface area contributed by atoms with Crippen LogP contribution < -0.4 is 5.56 Å². The average Bonchev–Trinajstić information content (AvgIpc) is 3.25. The Morgan fingerprint density at radius 2 is 2.00 bits per heavy atom. The second-order valence-electron chi connectivity index (χ2n) is 12.1. The van der Waals surface area contributed by atoms with Crippen molar-refractivity contribution in [3.63, 3.8) is 0 Å². The summed E-state index contributed by atoms with van der Waals surface area (Å²) in [6.07, 6.45) is 6.00. The Morgan fingerprint density at radius 3 is 2.68 bits per heavy atom. The number of nitrogens with zero attached hydrogens (tertiary/aromatic N) is 2. The predicted octanol–water partition coefficient (Wildman–Crippen LogP) is 3.38. The normalized spacial score (nSPS) is 38.7. The molecule has 0 aliphatic heterocycles. The molecule has 8 atom stereocenters. The first-order valence-electron chi connectivity index (χ1n) is 13.6. The highest BCUT2D eigenvalue weighted by atomic mass is 16.5. The number of hydrogen-bond donors (Lipinski definition) is 1. The predicted molar refractivity (Wildman–Crippen MR) is 140 cm³/mol. The Morgan fingerprint density at radius 1 is 1.26 bits per heavy atom. The number of hydrogen-bond acceptors (Lipinski definition) is 8. The van der Waals surface area contributed by atoms with Crippen LogP contribution in [-0.4, -0.2) is 58.9 Å². The van der Waals surface area contributed by atoms with Crippen molar-refractivity contribution in [3.05, 3.63) is 41.1 Å². The topological polar surface area (TPSA) is 117 Å². The van der Waals surface area contributed by atoms with E-state index < -0.39 is 34.6 Å². The molecule has 3 fully saturated rings. The number of aromatic nitrogens is 2. The van der Waals surface area contributed by atoms with Crippen LogP contribution in [0.3, 0.4) is 0 Å². The highest BCUT2D eigenvalue weighted by Crippen LogP contribution is 2.68. The van der Waals surface area contributed by atoms with Gasteiger partial charge in [-0.3, -0.25) is 14.2 Å². The molecule has 1 N–H and O–H groups in total. The summed E-state index contributed by atoms with van der Waals surface area (Å²) in [5.41, 5.74) is -2.55. The molecule has 4 rings (SSSR count). The monoisotopic (exact) mass is 530 g/mol. The number of ketones is 1. The minimum absolute atomic E-state index is 0.0772. The summed E-state index contributed by atoms with van der Waals surface area (Å²) in [6, 6.07) is 0. The van der Waals surface area contributed by atoms with Crippen LogP contribution in [-0.2, 0) is 25.7 Å². The molecular formula is C29H42N2O7. The molecule has 0 amide bonds. The summed E-state index contributed by atoms with van der Waals surface area (Å²) < 4.78 is 17.8. The third-order valence-electron chi connectivity index (χ3n) is 10.3. The Kier molecular flexibility index (Phi) is 8.04. The first kappa shape index (κ1) is 28.6. The number of carbonyl (C=O) groups is 2. The van der Waals surface area contributed by atoms with Crippen molar-refractivity contribution in [1.82, 2.24) is 9.55 Å². The molecule has 1 aromatic rings. The minimum atomic E-state index is -0.789. The summed E-state index contributed by atoms with van der Waals surface area (Å²) in [5.74, 6) is -0.970. The molecule has 2 unspecified atom stereocenters. The molecule has 0 saturated heterocycles. The molecule has 9 nitrogen and oxygen atoms in total. The highest BCUT2D eigenvalue weighted by molar-refractivity contribution is 5.89. The molecular weight excluding hydrogens is 488 g/mol. The second-order valence-corrected chi connectivity index (χ2v) is 12.1. The number of aliphatic hydroxyl groups is 1. The quantitative estimate of drug-likeness (QED) is 0.309. The Balaban J connectivity index is 1.73. The van der Waals surface area contributed by atoms with Gasteiger partial charge in [0.25, 0.3) is 5.56 Å². The molecule has 38 heavy (non-hydrogen) atoms. The van der Waals surface area contributed by atoms with Crippen LogP contribution in [0.25, 0.3) is 0 Å². The van der Waals surface area contributed by atoms with E-state index in [1.54, 1.807) is 13.2 Å². The van der Waals surface area contributed by atoms with Crippen molar-refractivity contribution in [2.24, 2.45) is 34.0 Å². The largest absolute Gasteiger partial charge is 0.458 e. The van der Waals surface area contributed by atoms with E-state index in [0.29, 0.717) is 19.4 Å². The van der Waals surface area contributed by atoms with Crippen molar-refractivity contribution in [2.75, 3.05) is 20.3 Å². The number of rotatable bonds is 8. The van der Waals surface area contributed by atoms with Crippen LogP contribution >= 0.6 is 0 Å². The molecule has 0 spiro atoms. The van der Waals surface area contributed by atoms with E-state index in [2.05, 4.69) is 32.3 Å². The van der Waals surface area contributed by atoms with Gasteiger partial charge in [0.1, 0.15) is 24.2 Å².